The molecule has 0 bridgehead atoms. The van der Waals surface area contributed by atoms with Crippen molar-refractivity contribution in [2.24, 2.45) is 7.05 Å². The Hall–Kier alpha value is -3.82. The van der Waals surface area contributed by atoms with Crippen molar-refractivity contribution < 1.29 is 18.3 Å². The van der Waals surface area contributed by atoms with Crippen LogP contribution in [0.1, 0.15) is 16.2 Å². The van der Waals surface area contributed by atoms with E-state index in [0.29, 0.717) is 5.65 Å². The van der Waals surface area contributed by atoms with Crippen molar-refractivity contribution in [1.29, 1.82) is 0 Å². The summed E-state index contributed by atoms with van der Waals surface area (Å²) in [5, 5.41) is 11.1. The van der Waals surface area contributed by atoms with Gasteiger partial charge in [0.2, 0.25) is 0 Å². The fourth-order valence-electron chi connectivity index (χ4n) is 2.92. The highest BCUT2D eigenvalue weighted by atomic mass is 19.3. The number of para-hydroxylation sites is 2. The fourth-order valence-corrected chi connectivity index (χ4v) is 2.92. The molecule has 4 rings (SSSR count). The first-order valence-electron chi connectivity index (χ1n) is 8.63. The molecule has 148 valence electrons. The molecule has 0 aliphatic carbocycles. The van der Waals surface area contributed by atoms with E-state index < -0.39 is 12.5 Å². The monoisotopic (exact) mass is 398 g/mol. The minimum Gasteiger partial charge on any atom is -0.433 e. The Kier molecular flexibility index (Phi) is 4.67. The van der Waals surface area contributed by atoms with E-state index in [4.69, 9.17) is 0 Å². The number of anilines is 1. The van der Waals surface area contributed by atoms with Gasteiger partial charge in [0.15, 0.2) is 11.3 Å². The van der Waals surface area contributed by atoms with Gasteiger partial charge in [0.25, 0.3) is 5.91 Å². The van der Waals surface area contributed by atoms with Gasteiger partial charge in [-0.15, -0.1) is 0 Å². The zero-order valence-corrected chi connectivity index (χ0v) is 15.5. The van der Waals surface area contributed by atoms with Crippen LogP contribution in [0.4, 0.5) is 14.5 Å². The number of rotatable bonds is 5. The number of amides is 1. The molecule has 8 nitrogen and oxygen atoms in total. The lowest BCUT2D eigenvalue weighted by Gasteiger charge is -2.10. The highest BCUT2D eigenvalue weighted by molar-refractivity contribution is 6.04. The van der Waals surface area contributed by atoms with Gasteiger partial charge in [0, 0.05) is 30.6 Å². The maximum absolute atomic E-state index is 12.7. The van der Waals surface area contributed by atoms with Gasteiger partial charge in [-0.1, -0.05) is 12.1 Å². The number of hydrogen-bond acceptors (Lipinski definition) is 5. The van der Waals surface area contributed by atoms with Gasteiger partial charge in [-0.3, -0.25) is 9.48 Å². The van der Waals surface area contributed by atoms with E-state index in [0.717, 1.165) is 17.0 Å². The van der Waals surface area contributed by atoms with E-state index in [2.05, 4.69) is 25.2 Å². The number of benzene rings is 1. The summed E-state index contributed by atoms with van der Waals surface area (Å²) in [5.74, 6) is -0.709. The van der Waals surface area contributed by atoms with E-state index in [1.54, 1.807) is 33.7 Å². The lowest BCUT2D eigenvalue weighted by Crippen LogP contribution is -2.14. The minimum absolute atomic E-state index is 0.0818. The molecule has 0 atom stereocenters. The number of aryl methyl sites for hydroxylation is 1. The molecule has 0 aliphatic heterocycles. The van der Waals surface area contributed by atoms with E-state index in [-0.39, 0.29) is 17.1 Å². The highest BCUT2D eigenvalue weighted by Crippen LogP contribution is 2.27. The van der Waals surface area contributed by atoms with Crippen LogP contribution in [0.15, 0.2) is 48.8 Å². The number of carbonyl (C=O) groups excluding carboxylic acids is 1. The predicted molar refractivity (Wildman–Crippen MR) is 101 cm³/mol. The van der Waals surface area contributed by atoms with Crippen molar-refractivity contribution in [2.75, 3.05) is 5.32 Å². The largest absolute Gasteiger partial charge is 0.433 e. The fraction of sp³-hybridized carbons (Fsp3) is 0.158. The molecule has 1 N–H and O–H groups in total. The average molecular weight is 398 g/mol. The van der Waals surface area contributed by atoms with Crippen molar-refractivity contribution in [3.8, 4) is 17.0 Å². The molecule has 3 aromatic heterocycles. The molecule has 4 aromatic rings. The molecule has 0 saturated heterocycles. The van der Waals surface area contributed by atoms with Crippen LogP contribution < -0.4 is 10.1 Å². The van der Waals surface area contributed by atoms with Crippen LogP contribution in [0.25, 0.3) is 16.9 Å². The third-order valence-corrected chi connectivity index (χ3v) is 4.45. The molecule has 29 heavy (non-hydrogen) atoms. The van der Waals surface area contributed by atoms with Crippen LogP contribution in [0.2, 0.25) is 0 Å². The Bertz CT molecular complexity index is 1200. The zero-order chi connectivity index (χ0) is 20.5. The Morgan fingerprint density at radius 2 is 2.03 bits per heavy atom. The van der Waals surface area contributed by atoms with E-state index in [1.807, 2.05) is 14.0 Å². The summed E-state index contributed by atoms with van der Waals surface area (Å²) in [5.41, 5.74) is 3.17. The van der Waals surface area contributed by atoms with Gasteiger partial charge < -0.3 is 10.1 Å². The summed E-state index contributed by atoms with van der Waals surface area (Å²) in [6.07, 6.45) is 3.33. The molecule has 10 heteroatoms. The van der Waals surface area contributed by atoms with Gasteiger partial charge in [-0.25, -0.2) is 9.50 Å². The van der Waals surface area contributed by atoms with Crippen LogP contribution in [0.5, 0.6) is 5.75 Å². The first kappa shape index (κ1) is 18.5. The first-order valence-corrected chi connectivity index (χ1v) is 8.63. The normalized spacial score (nSPS) is 11.2. The molecule has 3 heterocycles. The minimum atomic E-state index is -3.00. The van der Waals surface area contributed by atoms with Crippen LogP contribution in [0, 0.1) is 6.92 Å². The maximum atomic E-state index is 12.7. The molecule has 0 unspecified atom stereocenters. The maximum Gasteiger partial charge on any atom is 0.387 e. The van der Waals surface area contributed by atoms with Crippen LogP contribution >= 0.6 is 0 Å². The van der Waals surface area contributed by atoms with Gasteiger partial charge in [-0.05, 0) is 25.1 Å². The zero-order valence-electron chi connectivity index (χ0n) is 15.5. The number of ether oxygens (including phenoxy) is 1. The van der Waals surface area contributed by atoms with Crippen LogP contribution in [0.3, 0.4) is 0 Å². The molecule has 0 saturated carbocycles. The van der Waals surface area contributed by atoms with Crippen molar-refractivity contribution in [3.05, 3.63) is 60.2 Å². The number of carbonyl (C=O) groups is 1. The standard InChI is InChI=1S/C19H16F2N6O2/c1-11-12(10-23-26(11)2)15-7-8-22-17-9-14(25-27(15)17)18(28)24-13-5-3-4-6-16(13)29-19(20)21/h3-10,19H,1-2H3,(H,24,28). The Morgan fingerprint density at radius 1 is 1.24 bits per heavy atom. The Labute approximate surface area is 163 Å². The summed E-state index contributed by atoms with van der Waals surface area (Å²) < 4.78 is 32.9. The summed E-state index contributed by atoms with van der Waals surface area (Å²) in [6, 6.07) is 9.23. The number of alkyl halides is 2. The van der Waals surface area contributed by atoms with Gasteiger partial charge in [-0.2, -0.15) is 19.0 Å². The van der Waals surface area contributed by atoms with Crippen molar-refractivity contribution >= 4 is 17.2 Å². The summed E-state index contributed by atoms with van der Waals surface area (Å²) in [6.45, 7) is -1.08. The second-order valence-electron chi connectivity index (χ2n) is 6.23. The molecule has 0 fully saturated rings. The Balaban J connectivity index is 1.68. The molecule has 0 spiro atoms. The lowest BCUT2D eigenvalue weighted by molar-refractivity contribution is -0.0493. The highest BCUT2D eigenvalue weighted by Gasteiger charge is 2.18. The number of nitrogens with zero attached hydrogens (tertiary/aromatic N) is 5. The van der Waals surface area contributed by atoms with Gasteiger partial charge in [0.1, 0.15) is 5.75 Å². The number of aromatic nitrogens is 5. The number of fused-ring (bicyclic) bond motifs is 1. The second-order valence-corrected chi connectivity index (χ2v) is 6.23. The van der Waals surface area contributed by atoms with E-state index in [1.165, 1.54) is 24.3 Å². The molecule has 1 aromatic carbocycles. The number of halogens is 2. The molecule has 0 aliphatic rings. The molecular weight excluding hydrogens is 382 g/mol. The lowest BCUT2D eigenvalue weighted by atomic mass is 10.2. The molecular formula is C19H16F2N6O2. The third-order valence-electron chi connectivity index (χ3n) is 4.45. The topological polar surface area (TPSA) is 86.3 Å². The SMILES string of the molecule is Cc1c(-c2ccnc3cc(C(=O)Nc4ccccc4OC(F)F)nn23)cnn1C. The first-order chi connectivity index (χ1) is 13.9. The van der Waals surface area contributed by atoms with E-state index in [9.17, 15) is 13.6 Å². The summed E-state index contributed by atoms with van der Waals surface area (Å²) >= 11 is 0. The predicted octanol–water partition coefficient (Wildman–Crippen LogP) is 3.29. The van der Waals surface area contributed by atoms with Crippen LogP contribution in [-0.4, -0.2) is 36.9 Å². The number of nitrogens with one attached hydrogen (secondary N) is 1. The van der Waals surface area contributed by atoms with E-state index >= 15 is 0 Å². The van der Waals surface area contributed by atoms with Gasteiger partial charge in [0.05, 0.1) is 17.6 Å². The van der Waals surface area contributed by atoms with Gasteiger partial charge >= 0.3 is 6.61 Å². The third kappa shape index (κ3) is 3.51. The van der Waals surface area contributed by atoms with Crippen molar-refractivity contribution in [3.63, 3.8) is 0 Å². The molecule has 0 radical (unpaired) electrons. The summed E-state index contributed by atoms with van der Waals surface area (Å²) in [7, 11) is 1.83. The second kappa shape index (κ2) is 7.30. The van der Waals surface area contributed by atoms with Crippen molar-refractivity contribution in [1.82, 2.24) is 24.4 Å². The summed E-state index contributed by atoms with van der Waals surface area (Å²) in [4.78, 5) is 16.9. The van der Waals surface area contributed by atoms with Crippen LogP contribution in [-0.2, 0) is 7.05 Å². The molecule has 1 amide bonds. The quantitative estimate of drug-likeness (QED) is 0.558. The Morgan fingerprint density at radius 3 is 2.76 bits per heavy atom. The average Bonchev–Trinajstić information content (AvgIpc) is 3.27. The smallest absolute Gasteiger partial charge is 0.387 e. The number of hydrogen-bond donors (Lipinski definition) is 1. The van der Waals surface area contributed by atoms with Crippen molar-refractivity contribution in [2.45, 2.75) is 13.5 Å².